The average Bonchev–Trinajstić information content (AvgIpc) is 2.47. The van der Waals surface area contributed by atoms with Crippen molar-refractivity contribution in [3.63, 3.8) is 0 Å². The Hall–Kier alpha value is -1.26. The van der Waals surface area contributed by atoms with Gasteiger partial charge < -0.3 is 14.2 Å². The van der Waals surface area contributed by atoms with E-state index in [-0.39, 0.29) is 11.7 Å². The van der Waals surface area contributed by atoms with Gasteiger partial charge in [0, 0.05) is 18.4 Å². The van der Waals surface area contributed by atoms with E-state index >= 15 is 0 Å². The predicted octanol–water partition coefficient (Wildman–Crippen LogP) is 3.64. The van der Waals surface area contributed by atoms with E-state index in [1.807, 2.05) is 0 Å². The fourth-order valence-electron chi connectivity index (χ4n) is 3.09. The third kappa shape index (κ3) is 2.87. The lowest BCUT2D eigenvalue weighted by Gasteiger charge is -2.47. The van der Waals surface area contributed by atoms with Gasteiger partial charge in [-0.05, 0) is 31.4 Å². The van der Waals surface area contributed by atoms with Gasteiger partial charge in [0.1, 0.15) is 12.4 Å². The van der Waals surface area contributed by atoms with E-state index in [0.29, 0.717) is 22.1 Å². The molecular weight excluding hydrogens is 292 g/mol. The van der Waals surface area contributed by atoms with Crippen molar-refractivity contribution in [3.05, 3.63) is 22.7 Å². The third-order valence-electron chi connectivity index (χ3n) is 4.38. The molecule has 1 atom stereocenters. The lowest BCUT2D eigenvalue weighted by Crippen LogP contribution is -2.48. The van der Waals surface area contributed by atoms with Crippen LogP contribution in [-0.4, -0.2) is 31.7 Å². The Balaban J connectivity index is 1.79. The van der Waals surface area contributed by atoms with Crippen LogP contribution in [0.25, 0.3) is 0 Å². The van der Waals surface area contributed by atoms with Crippen LogP contribution in [0.4, 0.5) is 0 Å². The van der Waals surface area contributed by atoms with Gasteiger partial charge in [0.2, 0.25) is 0 Å². The van der Waals surface area contributed by atoms with Crippen LogP contribution in [0.1, 0.15) is 42.5 Å². The number of hydrogen-bond donors (Lipinski definition) is 0. The van der Waals surface area contributed by atoms with E-state index in [1.54, 1.807) is 19.2 Å². The Morgan fingerprint density at radius 1 is 1.43 bits per heavy atom. The largest absolute Gasteiger partial charge is 0.493 e. The van der Waals surface area contributed by atoms with E-state index in [4.69, 9.17) is 25.8 Å². The van der Waals surface area contributed by atoms with Crippen LogP contribution in [0.15, 0.2) is 12.1 Å². The van der Waals surface area contributed by atoms with E-state index in [0.717, 1.165) is 38.6 Å². The van der Waals surface area contributed by atoms with Gasteiger partial charge in [-0.3, -0.25) is 4.79 Å². The molecule has 1 heterocycles. The molecule has 2 fully saturated rings. The van der Waals surface area contributed by atoms with Crippen molar-refractivity contribution in [2.45, 2.75) is 43.8 Å². The fraction of sp³-hybridized carbons (Fsp3) is 0.562. The van der Waals surface area contributed by atoms with Gasteiger partial charge in [-0.1, -0.05) is 11.6 Å². The highest BCUT2D eigenvalue weighted by molar-refractivity contribution is 6.32. The van der Waals surface area contributed by atoms with Crippen LogP contribution in [0.3, 0.4) is 0 Å². The molecule has 0 N–H and O–H groups in total. The number of carbonyl (C=O) groups is 1. The summed E-state index contributed by atoms with van der Waals surface area (Å²) in [6, 6.07) is 3.25. The number of halogens is 1. The zero-order chi connectivity index (χ0) is 14.9. The quantitative estimate of drug-likeness (QED) is 0.796. The van der Waals surface area contributed by atoms with Gasteiger partial charge in [0.15, 0.2) is 11.5 Å². The number of ether oxygens (including phenoxy) is 3. The van der Waals surface area contributed by atoms with Gasteiger partial charge in [0.05, 0.1) is 24.3 Å². The van der Waals surface area contributed by atoms with Crippen LogP contribution in [0.2, 0.25) is 5.02 Å². The monoisotopic (exact) mass is 310 g/mol. The SMILES string of the molecule is COc1cc(C=O)cc(Cl)c1OC1CCOC2(CCC2)C1. The molecule has 1 saturated carbocycles. The molecule has 1 aliphatic carbocycles. The van der Waals surface area contributed by atoms with E-state index in [2.05, 4.69) is 0 Å². The Kier molecular flexibility index (Phi) is 4.09. The van der Waals surface area contributed by atoms with Crippen molar-refractivity contribution in [2.24, 2.45) is 0 Å². The second-order valence-electron chi connectivity index (χ2n) is 5.77. The van der Waals surface area contributed by atoms with Crippen LogP contribution in [0.5, 0.6) is 11.5 Å². The first kappa shape index (κ1) is 14.7. The molecule has 0 amide bonds. The minimum absolute atomic E-state index is 0.0192. The Labute approximate surface area is 129 Å². The molecule has 0 aromatic heterocycles. The molecule has 4 nitrogen and oxygen atoms in total. The molecular formula is C16H19ClO4. The van der Waals surface area contributed by atoms with Gasteiger partial charge in [-0.25, -0.2) is 0 Å². The second kappa shape index (κ2) is 5.85. The van der Waals surface area contributed by atoms with Crippen LogP contribution >= 0.6 is 11.6 Å². The van der Waals surface area contributed by atoms with E-state index < -0.39 is 0 Å². The summed E-state index contributed by atoms with van der Waals surface area (Å²) in [7, 11) is 1.55. The summed E-state index contributed by atoms with van der Waals surface area (Å²) in [6.45, 7) is 0.719. The summed E-state index contributed by atoms with van der Waals surface area (Å²) in [6.07, 6.45) is 6.01. The first-order chi connectivity index (χ1) is 10.2. The number of aldehydes is 1. The van der Waals surface area contributed by atoms with Gasteiger partial charge in [0.25, 0.3) is 0 Å². The Bertz CT molecular complexity index is 539. The Morgan fingerprint density at radius 2 is 2.24 bits per heavy atom. The molecule has 1 aromatic carbocycles. The molecule has 1 aromatic rings. The summed E-state index contributed by atoms with van der Waals surface area (Å²) >= 11 is 6.24. The lowest BCUT2D eigenvalue weighted by atomic mass is 9.74. The Morgan fingerprint density at radius 3 is 2.86 bits per heavy atom. The molecule has 0 radical (unpaired) electrons. The molecule has 1 saturated heterocycles. The van der Waals surface area contributed by atoms with Crippen molar-refractivity contribution in [2.75, 3.05) is 13.7 Å². The highest BCUT2D eigenvalue weighted by Gasteiger charge is 2.43. The zero-order valence-corrected chi connectivity index (χ0v) is 12.8. The molecule has 0 bridgehead atoms. The summed E-state index contributed by atoms with van der Waals surface area (Å²) in [5, 5.41) is 0.408. The van der Waals surface area contributed by atoms with E-state index in [9.17, 15) is 4.79 Å². The topological polar surface area (TPSA) is 44.8 Å². The fourth-order valence-corrected chi connectivity index (χ4v) is 3.36. The van der Waals surface area contributed by atoms with Gasteiger partial charge >= 0.3 is 0 Å². The van der Waals surface area contributed by atoms with Crippen molar-refractivity contribution in [1.82, 2.24) is 0 Å². The van der Waals surface area contributed by atoms with Gasteiger partial charge in [-0.15, -0.1) is 0 Å². The van der Waals surface area contributed by atoms with Crippen molar-refractivity contribution in [3.8, 4) is 11.5 Å². The number of carbonyl (C=O) groups excluding carboxylic acids is 1. The highest BCUT2D eigenvalue weighted by Crippen LogP contribution is 2.44. The minimum atomic E-state index is 0.0192. The van der Waals surface area contributed by atoms with Crippen molar-refractivity contribution >= 4 is 17.9 Å². The maximum Gasteiger partial charge on any atom is 0.180 e. The smallest absolute Gasteiger partial charge is 0.180 e. The number of benzene rings is 1. The summed E-state index contributed by atoms with van der Waals surface area (Å²) < 4.78 is 17.3. The first-order valence-corrected chi connectivity index (χ1v) is 7.67. The molecule has 1 spiro atoms. The van der Waals surface area contributed by atoms with Crippen LogP contribution in [-0.2, 0) is 4.74 Å². The lowest BCUT2D eigenvalue weighted by molar-refractivity contribution is -0.153. The number of rotatable bonds is 4. The zero-order valence-electron chi connectivity index (χ0n) is 12.1. The van der Waals surface area contributed by atoms with Crippen LogP contribution in [0, 0.1) is 0 Å². The van der Waals surface area contributed by atoms with Gasteiger partial charge in [-0.2, -0.15) is 0 Å². The molecule has 21 heavy (non-hydrogen) atoms. The normalized spacial score (nSPS) is 23.4. The molecule has 1 unspecified atom stereocenters. The molecule has 3 rings (SSSR count). The van der Waals surface area contributed by atoms with Crippen LogP contribution < -0.4 is 9.47 Å². The standard InChI is InChI=1S/C16H19ClO4/c1-19-14-8-11(10-18)7-13(17)15(14)21-12-3-6-20-16(9-12)4-2-5-16/h7-8,10,12H,2-6,9H2,1H3. The van der Waals surface area contributed by atoms with E-state index in [1.165, 1.54) is 6.42 Å². The highest BCUT2D eigenvalue weighted by atomic mass is 35.5. The molecule has 5 heteroatoms. The number of methoxy groups -OCH3 is 1. The maximum atomic E-state index is 10.9. The summed E-state index contributed by atoms with van der Waals surface area (Å²) in [5.74, 6) is 1.02. The van der Waals surface area contributed by atoms with Crippen molar-refractivity contribution in [1.29, 1.82) is 0 Å². The van der Waals surface area contributed by atoms with Crippen molar-refractivity contribution < 1.29 is 19.0 Å². The molecule has 2 aliphatic rings. The molecule has 1 aliphatic heterocycles. The average molecular weight is 311 g/mol. The maximum absolute atomic E-state index is 10.9. The molecule has 114 valence electrons. The summed E-state index contributed by atoms with van der Waals surface area (Å²) in [4.78, 5) is 10.9. The number of hydrogen-bond acceptors (Lipinski definition) is 4. The minimum Gasteiger partial charge on any atom is -0.493 e. The third-order valence-corrected chi connectivity index (χ3v) is 4.67. The summed E-state index contributed by atoms with van der Waals surface area (Å²) in [5.41, 5.74) is 0.498. The predicted molar refractivity (Wildman–Crippen MR) is 79.6 cm³/mol. The first-order valence-electron chi connectivity index (χ1n) is 7.29. The second-order valence-corrected chi connectivity index (χ2v) is 6.18.